The summed E-state index contributed by atoms with van der Waals surface area (Å²) in [5.74, 6) is -0.193. The lowest BCUT2D eigenvalue weighted by Gasteiger charge is -2.06. The molecule has 0 bridgehead atoms. The smallest absolute Gasteiger partial charge is 0.271 e. The largest absolute Gasteiger partial charge is 0.351 e. The van der Waals surface area contributed by atoms with Crippen LogP contribution in [0.5, 0.6) is 0 Å². The molecule has 1 N–H and O–H groups in total. The van der Waals surface area contributed by atoms with E-state index in [0.717, 1.165) is 24.4 Å². The van der Waals surface area contributed by atoms with Crippen molar-refractivity contribution in [3.05, 3.63) is 41.7 Å². The van der Waals surface area contributed by atoms with E-state index < -0.39 is 0 Å². The highest BCUT2D eigenvalue weighted by atomic mass is 16.1. The van der Waals surface area contributed by atoms with Gasteiger partial charge in [-0.05, 0) is 26.3 Å². The lowest BCUT2D eigenvalue weighted by molar-refractivity contribution is 0.0947. The molecule has 1 amide bonds. The first-order valence-electron chi connectivity index (χ1n) is 6.22. The van der Waals surface area contributed by atoms with Crippen molar-refractivity contribution in [1.29, 1.82) is 0 Å². The summed E-state index contributed by atoms with van der Waals surface area (Å²) in [7, 11) is 0. The second-order valence-corrected chi connectivity index (χ2v) is 4.35. The number of nitrogens with zero attached hydrogens (tertiary/aromatic N) is 4. The SMILES string of the molecule is Cc1cc(C)n(CCCNC(=O)c2cnccn2)n1. The van der Waals surface area contributed by atoms with E-state index in [4.69, 9.17) is 0 Å². The fourth-order valence-corrected chi connectivity index (χ4v) is 1.84. The molecule has 0 aliphatic rings. The van der Waals surface area contributed by atoms with Gasteiger partial charge in [0.15, 0.2) is 0 Å². The van der Waals surface area contributed by atoms with E-state index in [-0.39, 0.29) is 5.91 Å². The van der Waals surface area contributed by atoms with Crippen molar-refractivity contribution in [2.45, 2.75) is 26.8 Å². The van der Waals surface area contributed by atoms with Gasteiger partial charge in [-0.3, -0.25) is 14.5 Å². The van der Waals surface area contributed by atoms with Gasteiger partial charge in [-0.2, -0.15) is 5.10 Å². The summed E-state index contributed by atoms with van der Waals surface area (Å²) >= 11 is 0. The average molecular weight is 259 g/mol. The summed E-state index contributed by atoms with van der Waals surface area (Å²) in [4.78, 5) is 19.5. The molecule has 0 fully saturated rings. The molecule has 0 radical (unpaired) electrons. The molecular formula is C13H17N5O. The van der Waals surface area contributed by atoms with E-state index in [1.807, 2.05) is 24.6 Å². The summed E-state index contributed by atoms with van der Waals surface area (Å²) in [6.45, 7) is 5.38. The molecule has 0 saturated carbocycles. The minimum atomic E-state index is -0.193. The molecule has 100 valence electrons. The van der Waals surface area contributed by atoms with E-state index in [1.54, 1.807) is 6.20 Å². The van der Waals surface area contributed by atoms with Gasteiger partial charge in [0.05, 0.1) is 11.9 Å². The molecule has 0 unspecified atom stereocenters. The van der Waals surface area contributed by atoms with Crippen LogP contribution < -0.4 is 5.32 Å². The van der Waals surface area contributed by atoms with Crippen molar-refractivity contribution >= 4 is 5.91 Å². The molecule has 0 spiro atoms. The minimum absolute atomic E-state index is 0.193. The molecule has 6 nitrogen and oxygen atoms in total. The molecule has 19 heavy (non-hydrogen) atoms. The summed E-state index contributed by atoms with van der Waals surface area (Å²) in [6, 6.07) is 2.04. The van der Waals surface area contributed by atoms with Gasteiger partial charge in [0.1, 0.15) is 5.69 Å². The average Bonchev–Trinajstić information content (AvgIpc) is 2.74. The highest BCUT2D eigenvalue weighted by Crippen LogP contribution is 2.02. The van der Waals surface area contributed by atoms with E-state index in [1.165, 1.54) is 12.4 Å². The Morgan fingerprint density at radius 1 is 1.37 bits per heavy atom. The predicted octanol–water partition coefficient (Wildman–Crippen LogP) is 1.11. The van der Waals surface area contributed by atoms with Crippen LogP contribution >= 0.6 is 0 Å². The third-order valence-corrected chi connectivity index (χ3v) is 2.73. The maximum atomic E-state index is 11.7. The number of aromatic nitrogens is 4. The first kappa shape index (κ1) is 13.2. The van der Waals surface area contributed by atoms with Crippen LogP contribution in [0.25, 0.3) is 0 Å². The molecule has 2 aromatic heterocycles. The first-order chi connectivity index (χ1) is 9.16. The van der Waals surface area contributed by atoms with Crippen molar-refractivity contribution in [2.24, 2.45) is 0 Å². The van der Waals surface area contributed by atoms with Gasteiger partial charge in [-0.1, -0.05) is 0 Å². The Morgan fingerprint density at radius 2 is 2.21 bits per heavy atom. The number of amides is 1. The Bertz CT molecular complexity index is 549. The topological polar surface area (TPSA) is 72.7 Å². The normalized spacial score (nSPS) is 10.4. The number of carbonyl (C=O) groups excluding carboxylic acids is 1. The van der Waals surface area contributed by atoms with Crippen LogP contribution in [-0.4, -0.2) is 32.2 Å². The lowest BCUT2D eigenvalue weighted by atomic mass is 10.3. The Morgan fingerprint density at radius 3 is 2.84 bits per heavy atom. The number of carbonyl (C=O) groups is 1. The Balaban J connectivity index is 1.75. The Kier molecular flexibility index (Phi) is 4.22. The van der Waals surface area contributed by atoms with Gasteiger partial charge in [0, 0.05) is 31.2 Å². The number of hydrogen-bond acceptors (Lipinski definition) is 4. The second kappa shape index (κ2) is 6.08. The van der Waals surface area contributed by atoms with Gasteiger partial charge in [0.2, 0.25) is 0 Å². The van der Waals surface area contributed by atoms with Gasteiger partial charge in [-0.25, -0.2) is 4.98 Å². The van der Waals surface area contributed by atoms with Crippen molar-refractivity contribution in [1.82, 2.24) is 25.1 Å². The third kappa shape index (κ3) is 3.61. The molecule has 0 saturated heterocycles. The molecule has 0 aromatic carbocycles. The molecule has 2 rings (SSSR count). The van der Waals surface area contributed by atoms with Crippen LogP contribution in [0.4, 0.5) is 0 Å². The van der Waals surface area contributed by atoms with E-state index in [9.17, 15) is 4.79 Å². The predicted molar refractivity (Wildman–Crippen MR) is 70.7 cm³/mol. The highest BCUT2D eigenvalue weighted by Gasteiger charge is 2.06. The summed E-state index contributed by atoms with van der Waals surface area (Å²) < 4.78 is 1.95. The Hall–Kier alpha value is -2.24. The standard InChI is InChI=1S/C13H17N5O/c1-10-8-11(2)18(17-10)7-3-4-16-13(19)12-9-14-5-6-15-12/h5-6,8-9H,3-4,7H2,1-2H3,(H,16,19). The molecule has 0 aliphatic heterocycles. The van der Waals surface area contributed by atoms with Crippen LogP contribution in [0.1, 0.15) is 28.3 Å². The summed E-state index contributed by atoms with van der Waals surface area (Å²) in [5.41, 5.74) is 2.49. The van der Waals surface area contributed by atoms with Crippen LogP contribution in [0.15, 0.2) is 24.7 Å². The first-order valence-corrected chi connectivity index (χ1v) is 6.22. The number of aryl methyl sites for hydroxylation is 3. The fourth-order valence-electron chi connectivity index (χ4n) is 1.84. The molecule has 2 heterocycles. The minimum Gasteiger partial charge on any atom is -0.351 e. The number of nitrogens with one attached hydrogen (secondary N) is 1. The van der Waals surface area contributed by atoms with E-state index in [2.05, 4.69) is 20.4 Å². The highest BCUT2D eigenvalue weighted by molar-refractivity contribution is 5.91. The van der Waals surface area contributed by atoms with Gasteiger partial charge in [0.25, 0.3) is 5.91 Å². The van der Waals surface area contributed by atoms with Crippen molar-refractivity contribution in [2.75, 3.05) is 6.54 Å². The van der Waals surface area contributed by atoms with Crippen LogP contribution in [0.2, 0.25) is 0 Å². The molecular weight excluding hydrogens is 242 g/mol. The van der Waals surface area contributed by atoms with Gasteiger partial charge >= 0.3 is 0 Å². The fraction of sp³-hybridized carbons (Fsp3) is 0.385. The lowest BCUT2D eigenvalue weighted by Crippen LogP contribution is -2.26. The third-order valence-electron chi connectivity index (χ3n) is 2.73. The van der Waals surface area contributed by atoms with Crippen LogP contribution in [-0.2, 0) is 6.54 Å². The number of rotatable bonds is 5. The zero-order valence-corrected chi connectivity index (χ0v) is 11.1. The van der Waals surface area contributed by atoms with Gasteiger partial charge in [-0.15, -0.1) is 0 Å². The van der Waals surface area contributed by atoms with Crippen molar-refractivity contribution in [3.63, 3.8) is 0 Å². The van der Waals surface area contributed by atoms with Crippen LogP contribution in [0, 0.1) is 13.8 Å². The van der Waals surface area contributed by atoms with Gasteiger partial charge < -0.3 is 5.32 Å². The monoisotopic (exact) mass is 259 g/mol. The molecule has 0 atom stereocenters. The molecule has 6 heteroatoms. The van der Waals surface area contributed by atoms with Crippen molar-refractivity contribution < 1.29 is 4.79 Å². The Labute approximate surface area is 111 Å². The zero-order valence-electron chi connectivity index (χ0n) is 11.1. The quantitative estimate of drug-likeness (QED) is 0.816. The van der Waals surface area contributed by atoms with E-state index >= 15 is 0 Å². The zero-order chi connectivity index (χ0) is 13.7. The van der Waals surface area contributed by atoms with Crippen LogP contribution in [0.3, 0.4) is 0 Å². The van der Waals surface area contributed by atoms with E-state index in [0.29, 0.717) is 12.2 Å². The molecule has 2 aromatic rings. The second-order valence-electron chi connectivity index (χ2n) is 4.35. The molecule has 0 aliphatic carbocycles. The summed E-state index contributed by atoms with van der Waals surface area (Å²) in [6.07, 6.45) is 5.33. The number of hydrogen-bond donors (Lipinski definition) is 1. The summed E-state index contributed by atoms with van der Waals surface area (Å²) in [5, 5.41) is 7.18. The maximum Gasteiger partial charge on any atom is 0.271 e. The maximum absolute atomic E-state index is 11.7. The van der Waals surface area contributed by atoms with Crippen molar-refractivity contribution in [3.8, 4) is 0 Å².